The van der Waals surface area contributed by atoms with E-state index in [0.717, 1.165) is 6.42 Å². The van der Waals surface area contributed by atoms with E-state index in [1.54, 1.807) is 6.07 Å². The fourth-order valence-corrected chi connectivity index (χ4v) is 2.65. The quantitative estimate of drug-likeness (QED) is 0.926. The van der Waals surface area contributed by atoms with E-state index in [0.29, 0.717) is 16.6 Å². The highest BCUT2D eigenvalue weighted by Gasteiger charge is 2.51. The Morgan fingerprint density at radius 2 is 2.24 bits per heavy atom. The molecule has 0 bridgehead atoms. The van der Waals surface area contributed by atoms with Gasteiger partial charge in [-0.25, -0.2) is 4.39 Å². The van der Waals surface area contributed by atoms with Gasteiger partial charge in [0.15, 0.2) is 0 Å². The summed E-state index contributed by atoms with van der Waals surface area (Å²) < 4.78 is 19.6. The minimum atomic E-state index is -0.326. The van der Waals surface area contributed by atoms with E-state index < -0.39 is 0 Å². The van der Waals surface area contributed by atoms with Crippen LogP contribution in [0.3, 0.4) is 0 Å². The summed E-state index contributed by atoms with van der Waals surface area (Å²) in [7, 11) is 0. The average molecular weight is 303 g/mol. The van der Waals surface area contributed by atoms with Gasteiger partial charge >= 0.3 is 0 Å². The molecule has 0 saturated heterocycles. The van der Waals surface area contributed by atoms with Gasteiger partial charge in [-0.3, -0.25) is 0 Å². The van der Waals surface area contributed by atoms with Crippen LogP contribution in [-0.4, -0.2) is 17.3 Å². The van der Waals surface area contributed by atoms with Crippen LogP contribution >= 0.6 is 15.9 Å². The number of ether oxygens (including phenoxy) is 1. The molecule has 3 unspecified atom stereocenters. The molecule has 1 N–H and O–H groups in total. The zero-order valence-corrected chi connectivity index (χ0v) is 11.5. The van der Waals surface area contributed by atoms with Crippen molar-refractivity contribution in [1.29, 1.82) is 0 Å². The van der Waals surface area contributed by atoms with Crippen molar-refractivity contribution in [3.8, 4) is 5.75 Å². The van der Waals surface area contributed by atoms with E-state index in [4.69, 9.17) is 4.74 Å². The van der Waals surface area contributed by atoms with Gasteiger partial charge < -0.3 is 9.84 Å². The third kappa shape index (κ3) is 2.33. The summed E-state index contributed by atoms with van der Waals surface area (Å²) in [5, 5.41) is 9.76. The van der Waals surface area contributed by atoms with Crippen LogP contribution in [0.2, 0.25) is 0 Å². The smallest absolute Gasteiger partial charge is 0.128 e. The minimum absolute atomic E-state index is 0.0452. The fraction of sp³-hybridized carbons (Fsp3) is 0.538. The molecule has 94 valence electrons. The predicted molar refractivity (Wildman–Crippen MR) is 67.5 cm³/mol. The lowest BCUT2D eigenvalue weighted by molar-refractivity contribution is -0.147. The molecule has 2 rings (SSSR count). The molecule has 17 heavy (non-hydrogen) atoms. The van der Waals surface area contributed by atoms with Crippen LogP contribution in [0.15, 0.2) is 22.7 Å². The summed E-state index contributed by atoms with van der Waals surface area (Å²) in [6, 6.07) is 4.50. The molecule has 1 saturated carbocycles. The Morgan fingerprint density at radius 3 is 2.76 bits per heavy atom. The molecule has 0 radical (unpaired) electrons. The highest BCUT2D eigenvalue weighted by Crippen LogP contribution is 2.46. The molecule has 1 aromatic carbocycles. The van der Waals surface area contributed by atoms with Crippen molar-refractivity contribution in [2.75, 3.05) is 0 Å². The molecule has 2 nitrogen and oxygen atoms in total. The molecule has 0 aromatic heterocycles. The third-order valence-corrected chi connectivity index (χ3v) is 4.27. The molecular weight excluding hydrogens is 287 g/mol. The van der Waals surface area contributed by atoms with Crippen molar-refractivity contribution in [3.63, 3.8) is 0 Å². The highest BCUT2D eigenvalue weighted by atomic mass is 79.9. The van der Waals surface area contributed by atoms with Crippen LogP contribution in [0, 0.1) is 11.2 Å². The molecule has 0 aliphatic heterocycles. The lowest BCUT2D eigenvalue weighted by atomic mass is 9.63. The lowest BCUT2D eigenvalue weighted by Gasteiger charge is -2.50. The topological polar surface area (TPSA) is 29.5 Å². The Balaban J connectivity index is 2.12. The van der Waals surface area contributed by atoms with E-state index in [1.165, 1.54) is 12.1 Å². The number of rotatable bonds is 3. The molecular formula is C13H16BrFO2. The molecule has 0 heterocycles. The lowest BCUT2D eigenvalue weighted by Crippen LogP contribution is -2.57. The Morgan fingerprint density at radius 1 is 1.53 bits per heavy atom. The molecule has 1 aromatic rings. The zero-order valence-electron chi connectivity index (χ0n) is 9.91. The first kappa shape index (κ1) is 12.8. The van der Waals surface area contributed by atoms with Crippen LogP contribution in [0.25, 0.3) is 0 Å². The summed E-state index contributed by atoms with van der Waals surface area (Å²) in [5.74, 6) is 0.181. The van der Waals surface area contributed by atoms with Crippen molar-refractivity contribution in [1.82, 2.24) is 0 Å². The molecule has 0 spiro atoms. The van der Waals surface area contributed by atoms with Gasteiger partial charge in [-0.2, -0.15) is 0 Å². The van der Waals surface area contributed by atoms with Crippen molar-refractivity contribution in [3.05, 3.63) is 28.5 Å². The largest absolute Gasteiger partial charge is 0.490 e. The molecule has 3 atom stereocenters. The van der Waals surface area contributed by atoms with E-state index >= 15 is 0 Å². The van der Waals surface area contributed by atoms with Crippen LogP contribution < -0.4 is 4.74 Å². The standard InChI is InChI=1S/C13H16BrFO2/c1-3-13(2)11(16)7-12(13)17-10-5-8(14)4-9(15)6-10/h4-6,11-12,16H,3,7H2,1-2H3. The second-order valence-corrected chi connectivity index (χ2v) is 5.74. The maximum atomic E-state index is 13.2. The first-order valence-corrected chi connectivity index (χ1v) is 6.56. The first-order valence-electron chi connectivity index (χ1n) is 5.76. The minimum Gasteiger partial charge on any atom is -0.490 e. The Hall–Kier alpha value is -0.610. The maximum absolute atomic E-state index is 13.2. The number of hydrogen-bond acceptors (Lipinski definition) is 2. The Bertz CT molecular complexity index is 404. The summed E-state index contributed by atoms with van der Waals surface area (Å²) >= 11 is 3.23. The number of halogens is 2. The second kappa shape index (κ2) is 4.58. The van der Waals surface area contributed by atoms with Gasteiger partial charge in [0.05, 0.1) is 6.10 Å². The van der Waals surface area contributed by atoms with E-state index in [-0.39, 0.29) is 23.4 Å². The Kier molecular flexibility index (Phi) is 3.46. The van der Waals surface area contributed by atoms with Crippen molar-refractivity contribution in [2.24, 2.45) is 5.41 Å². The molecule has 1 aliphatic carbocycles. The maximum Gasteiger partial charge on any atom is 0.128 e. The van der Waals surface area contributed by atoms with E-state index in [1.807, 2.05) is 13.8 Å². The second-order valence-electron chi connectivity index (χ2n) is 4.82. The predicted octanol–water partition coefficient (Wildman–Crippen LogP) is 3.52. The van der Waals surface area contributed by atoms with Crippen LogP contribution in [0.5, 0.6) is 5.75 Å². The molecule has 4 heteroatoms. The normalized spacial score (nSPS) is 32.1. The molecule has 1 fully saturated rings. The number of benzene rings is 1. The van der Waals surface area contributed by atoms with Gasteiger partial charge in [-0.15, -0.1) is 0 Å². The number of aliphatic hydroxyl groups is 1. The third-order valence-electron chi connectivity index (χ3n) is 3.81. The van der Waals surface area contributed by atoms with Crippen molar-refractivity contribution >= 4 is 15.9 Å². The summed E-state index contributed by atoms with van der Waals surface area (Å²) in [6.07, 6.45) is 1.08. The highest BCUT2D eigenvalue weighted by molar-refractivity contribution is 9.10. The Labute approximate surface area is 109 Å². The van der Waals surface area contributed by atoms with Gasteiger partial charge in [-0.1, -0.05) is 29.8 Å². The van der Waals surface area contributed by atoms with Gasteiger partial charge in [0, 0.05) is 22.4 Å². The summed E-state index contributed by atoms with van der Waals surface area (Å²) in [6.45, 7) is 4.03. The number of hydrogen-bond donors (Lipinski definition) is 1. The number of aliphatic hydroxyl groups excluding tert-OH is 1. The SMILES string of the molecule is CCC1(C)C(O)CC1Oc1cc(F)cc(Br)c1. The van der Waals surface area contributed by atoms with Gasteiger partial charge in [0.2, 0.25) is 0 Å². The van der Waals surface area contributed by atoms with Crippen LogP contribution in [0.1, 0.15) is 26.7 Å². The summed E-state index contributed by atoms with van der Waals surface area (Å²) in [4.78, 5) is 0. The van der Waals surface area contributed by atoms with Crippen LogP contribution in [-0.2, 0) is 0 Å². The van der Waals surface area contributed by atoms with Gasteiger partial charge in [0.25, 0.3) is 0 Å². The fourth-order valence-electron chi connectivity index (χ4n) is 2.20. The summed E-state index contributed by atoms with van der Waals surface area (Å²) in [5.41, 5.74) is -0.223. The van der Waals surface area contributed by atoms with Crippen LogP contribution in [0.4, 0.5) is 4.39 Å². The molecule has 1 aliphatic rings. The average Bonchev–Trinajstić information content (AvgIpc) is 2.26. The van der Waals surface area contributed by atoms with E-state index in [2.05, 4.69) is 15.9 Å². The van der Waals surface area contributed by atoms with E-state index in [9.17, 15) is 9.50 Å². The van der Waals surface area contributed by atoms with Gasteiger partial charge in [-0.05, 0) is 18.6 Å². The molecule has 0 amide bonds. The first-order chi connectivity index (χ1) is 7.95. The van der Waals surface area contributed by atoms with Crippen molar-refractivity contribution in [2.45, 2.75) is 38.9 Å². The van der Waals surface area contributed by atoms with Gasteiger partial charge in [0.1, 0.15) is 17.7 Å². The zero-order chi connectivity index (χ0) is 12.6. The van der Waals surface area contributed by atoms with Crippen molar-refractivity contribution < 1.29 is 14.2 Å². The monoisotopic (exact) mass is 302 g/mol.